The molecule has 0 fully saturated rings. The number of nitrogens with zero attached hydrogens (tertiary/aromatic N) is 1. The highest BCUT2D eigenvalue weighted by molar-refractivity contribution is 8.00. The molecule has 0 aromatic heterocycles. The summed E-state index contributed by atoms with van der Waals surface area (Å²) >= 11 is 7.75. The molecule has 2 amide bonds. The average molecular weight is 419 g/mol. The summed E-state index contributed by atoms with van der Waals surface area (Å²) < 4.78 is 0. The number of thioether (sulfide) groups is 1. The van der Waals surface area contributed by atoms with Crippen LogP contribution in [0.4, 0.5) is 0 Å². The molecule has 0 heterocycles. The zero-order valence-electron chi connectivity index (χ0n) is 16.5. The van der Waals surface area contributed by atoms with Crippen LogP contribution in [0.15, 0.2) is 59.5 Å². The summed E-state index contributed by atoms with van der Waals surface area (Å²) in [5, 5.41) is 3.51. The van der Waals surface area contributed by atoms with E-state index in [-0.39, 0.29) is 17.6 Å². The molecule has 2 aromatic rings. The Labute approximate surface area is 176 Å². The van der Waals surface area contributed by atoms with E-state index in [0.717, 1.165) is 10.5 Å². The highest BCUT2D eigenvalue weighted by Crippen LogP contribution is 2.22. The first kappa shape index (κ1) is 22.3. The maximum atomic E-state index is 13.0. The van der Waals surface area contributed by atoms with E-state index >= 15 is 0 Å². The van der Waals surface area contributed by atoms with Crippen LogP contribution in [0.5, 0.6) is 0 Å². The predicted molar refractivity (Wildman–Crippen MR) is 116 cm³/mol. The number of hydrogen-bond acceptors (Lipinski definition) is 3. The van der Waals surface area contributed by atoms with Gasteiger partial charge in [-0.1, -0.05) is 61.8 Å². The lowest BCUT2D eigenvalue weighted by Crippen LogP contribution is -2.48. The third-order valence-corrected chi connectivity index (χ3v) is 5.62. The normalized spacial score (nSPS) is 11.9. The van der Waals surface area contributed by atoms with Crippen LogP contribution in [0.1, 0.15) is 26.3 Å². The summed E-state index contributed by atoms with van der Waals surface area (Å²) in [6, 6.07) is 16.6. The molecule has 2 aromatic carbocycles. The number of benzene rings is 2. The van der Waals surface area contributed by atoms with Gasteiger partial charge in [-0.3, -0.25) is 9.59 Å². The van der Waals surface area contributed by atoms with Gasteiger partial charge in [0.05, 0.1) is 5.75 Å². The molecule has 0 saturated carbocycles. The highest BCUT2D eigenvalue weighted by Gasteiger charge is 2.26. The van der Waals surface area contributed by atoms with Gasteiger partial charge in [-0.05, 0) is 36.6 Å². The Balaban J connectivity index is 2.13. The highest BCUT2D eigenvalue weighted by atomic mass is 35.5. The molecular formula is C22H27ClN2O2S. The third kappa shape index (κ3) is 6.88. The lowest BCUT2D eigenvalue weighted by molar-refractivity contribution is -0.138. The summed E-state index contributed by atoms with van der Waals surface area (Å²) in [7, 11) is 0. The van der Waals surface area contributed by atoms with E-state index in [4.69, 9.17) is 11.6 Å². The van der Waals surface area contributed by atoms with E-state index in [9.17, 15) is 9.59 Å². The minimum atomic E-state index is -0.584. The monoisotopic (exact) mass is 418 g/mol. The van der Waals surface area contributed by atoms with Crippen molar-refractivity contribution in [1.82, 2.24) is 10.2 Å². The Kier molecular flexibility index (Phi) is 8.87. The van der Waals surface area contributed by atoms with Crippen molar-refractivity contribution in [3.63, 3.8) is 0 Å². The molecule has 6 heteroatoms. The maximum absolute atomic E-state index is 13.0. The van der Waals surface area contributed by atoms with E-state index in [0.29, 0.717) is 24.0 Å². The quantitative estimate of drug-likeness (QED) is 0.604. The second-order valence-electron chi connectivity index (χ2n) is 7.03. The lowest BCUT2D eigenvalue weighted by Gasteiger charge is -2.29. The first-order valence-corrected chi connectivity index (χ1v) is 10.7. The Morgan fingerprint density at radius 3 is 2.32 bits per heavy atom. The number of amides is 2. The maximum Gasteiger partial charge on any atom is 0.242 e. The molecule has 0 saturated heterocycles. The first-order chi connectivity index (χ1) is 13.4. The summed E-state index contributed by atoms with van der Waals surface area (Å²) in [4.78, 5) is 28.2. The topological polar surface area (TPSA) is 49.4 Å². The van der Waals surface area contributed by atoms with Gasteiger partial charge in [-0.15, -0.1) is 11.8 Å². The minimum absolute atomic E-state index is 0.0963. The van der Waals surface area contributed by atoms with E-state index in [1.165, 1.54) is 11.8 Å². The van der Waals surface area contributed by atoms with Gasteiger partial charge in [-0.2, -0.15) is 0 Å². The molecule has 4 nitrogen and oxygen atoms in total. The van der Waals surface area contributed by atoms with Crippen LogP contribution < -0.4 is 5.32 Å². The standard InChI is InChI=1S/C22H27ClN2O2S/c1-16(2)13-24-22(27)17(3)25(14-18-9-7-8-12-20(18)23)21(26)15-28-19-10-5-4-6-11-19/h4-12,16-17H,13-15H2,1-3H3,(H,24,27)/t17-/m1/s1. The van der Waals surface area contributed by atoms with Crippen LogP contribution in [0.3, 0.4) is 0 Å². The molecule has 28 heavy (non-hydrogen) atoms. The number of halogens is 1. The molecule has 0 radical (unpaired) electrons. The number of nitrogens with one attached hydrogen (secondary N) is 1. The Morgan fingerprint density at radius 2 is 1.68 bits per heavy atom. The molecule has 0 aliphatic heterocycles. The smallest absolute Gasteiger partial charge is 0.242 e. The third-order valence-electron chi connectivity index (χ3n) is 4.26. The van der Waals surface area contributed by atoms with Gasteiger partial charge >= 0.3 is 0 Å². The molecule has 1 atom stereocenters. The molecule has 0 aliphatic rings. The minimum Gasteiger partial charge on any atom is -0.354 e. The first-order valence-electron chi connectivity index (χ1n) is 9.37. The van der Waals surface area contributed by atoms with Gasteiger partial charge in [0.2, 0.25) is 11.8 Å². The van der Waals surface area contributed by atoms with Crippen molar-refractivity contribution in [1.29, 1.82) is 0 Å². The number of hydrogen-bond donors (Lipinski definition) is 1. The van der Waals surface area contributed by atoms with Crippen molar-refractivity contribution < 1.29 is 9.59 Å². The van der Waals surface area contributed by atoms with Crippen LogP contribution >= 0.6 is 23.4 Å². The molecule has 1 N–H and O–H groups in total. The van der Waals surface area contributed by atoms with Crippen molar-refractivity contribution in [2.45, 2.75) is 38.3 Å². The van der Waals surface area contributed by atoms with Crippen molar-refractivity contribution in [3.8, 4) is 0 Å². The van der Waals surface area contributed by atoms with E-state index in [1.54, 1.807) is 17.9 Å². The Morgan fingerprint density at radius 1 is 1.04 bits per heavy atom. The molecule has 0 bridgehead atoms. The van der Waals surface area contributed by atoms with Gasteiger partial charge < -0.3 is 10.2 Å². The van der Waals surface area contributed by atoms with Crippen LogP contribution in [-0.2, 0) is 16.1 Å². The summed E-state index contributed by atoms with van der Waals surface area (Å²) in [5.41, 5.74) is 0.825. The van der Waals surface area contributed by atoms with Gasteiger partial charge in [0.1, 0.15) is 6.04 Å². The fraction of sp³-hybridized carbons (Fsp3) is 0.364. The number of carbonyl (C=O) groups is 2. The lowest BCUT2D eigenvalue weighted by atomic mass is 10.1. The van der Waals surface area contributed by atoms with Crippen LogP contribution in [-0.4, -0.2) is 35.1 Å². The molecular weight excluding hydrogens is 392 g/mol. The second-order valence-corrected chi connectivity index (χ2v) is 8.49. The largest absolute Gasteiger partial charge is 0.354 e. The summed E-state index contributed by atoms with van der Waals surface area (Å²) in [6.07, 6.45) is 0. The van der Waals surface area contributed by atoms with Crippen molar-refractivity contribution in [2.24, 2.45) is 5.92 Å². The average Bonchev–Trinajstić information content (AvgIpc) is 2.69. The Hall–Kier alpha value is -1.98. The molecule has 2 rings (SSSR count). The summed E-state index contributed by atoms with van der Waals surface area (Å²) in [6.45, 7) is 6.71. The van der Waals surface area contributed by atoms with Gasteiger partial charge in [0.25, 0.3) is 0 Å². The van der Waals surface area contributed by atoms with Crippen LogP contribution in [0.25, 0.3) is 0 Å². The zero-order valence-corrected chi connectivity index (χ0v) is 18.1. The van der Waals surface area contributed by atoms with Crippen molar-refractivity contribution >= 4 is 35.2 Å². The Bertz CT molecular complexity index is 783. The van der Waals surface area contributed by atoms with Crippen LogP contribution in [0.2, 0.25) is 5.02 Å². The molecule has 0 spiro atoms. The molecule has 0 aliphatic carbocycles. The zero-order chi connectivity index (χ0) is 20.5. The second kappa shape index (κ2) is 11.1. The van der Waals surface area contributed by atoms with Crippen molar-refractivity contribution in [3.05, 3.63) is 65.2 Å². The van der Waals surface area contributed by atoms with Gasteiger partial charge in [0, 0.05) is 23.0 Å². The molecule has 0 unspecified atom stereocenters. The van der Waals surface area contributed by atoms with Gasteiger partial charge in [0.15, 0.2) is 0 Å². The van der Waals surface area contributed by atoms with Crippen LogP contribution in [0, 0.1) is 5.92 Å². The van der Waals surface area contributed by atoms with E-state index in [2.05, 4.69) is 5.32 Å². The number of rotatable bonds is 9. The number of carbonyl (C=O) groups excluding carboxylic acids is 2. The van der Waals surface area contributed by atoms with E-state index in [1.807, 2.05) is 62.4 Å². The fourth-order valence-corrected chi connectivity index (χ4v) is 3.59. The van der Waals surface area contributed by atoms with E-state index < -0.39 is 6.04 Å². The molecule has 150 valence electrons. The summed E-state index contributed by atoms with van der Waals surface area (Å²) in [5.74, 6) is 0.355. The fourth-order valence-electron chi connectivity index (χ4n) is 2.59. The van der Waals surface area contributed by atoms with Gasteiger partial charge in [-0.25, -0.2) is 0 Å². The van der Waals surface area contributed by atoms with Crippen molar-refractivity contribution in [2.75, 3.05) is 12.3 Å². The predicted octanol–water partition coefficient (Wildman–Crippen LogP) is 4.62. The SMILES string of the molecule is CC(C)CNC(=O)[C@@H](C)N(Cc1ccccc1Cl)C(=O)CSc1ccccc1.